The van der Waals surface area contributed by atoms with Gasteiger partial charge in [-0.2, -0.15) is 0 Å². The van der Waals surface area contributed by atoms with Crippen LogP contribution in [0.15, 0.2) is 6.07 Å². The molecule has 1 aliphatic heterocycles. The Labute approximate surface area is 142 Å². The first-order valence-electron chi connectivity index (χ1n) is 8.72. The Bertz CT molecular complexity index is 753. The van der Waals surface area contributed by atoms with Crippen LogP contribution in [0.3, 0.4) is 0 Å². The largest absolute Gasteiger partial charge is 0.332 e. The van der Waals surface area contributed by atoms with Gasteiger partial charge in [-0.3, -0.25) is 4.90 Å². The van der Waals surface area contributed by atoms with E-state index in [1.54, 1.807) is 0 Å². The number of carbonyl (C=O) groups excluding carboxylic acids is 1. The van der Waals surface area contributed by atoms with Crippen LogP contribution in [0.2, 0.25) is 0 Å². The minimum Gasteiger partial charge on any atom is -0.307 e. The highest BCUT2D eigenvalue weighted by atomic mass is 32.2. The summed E-state index contributed by atoms with van der Waals surface area (Å²) in [7, 11) is -3.63. The molecule has 130 valence electrons. The zero-order chi connectivity index (χ0) is 16.7. The van der Waals surface area contributed by atoms with Gasteiger partial charge in [0.2, 0.25) is 10.0 Å². The molecule has 2 N–H and O–H groups in total. The van der Waals surface area contributed by atoms with Crippen molar-refractivity contribution < 1.29 is 13.2 Å². The Kier molecular flexibility index (Phi) is 4.00. The average Bonchev–Trinajstić information content (AvgIpc) is 3.10. The van der Waals surface area contributed by atoms with Crippen molar-refractivity contribution in [3.8, 4) is 0 Å². The molecule has 1 aromatic carbocycles. The van der Waals surface area contributed by atoms with Gasteiger partial charge in [-0.15, -0.1) is 0 Å². The summed E-state index contributed by atoms with van der Waals surface area (Å²) in [6.07, 6.45) is 7.23. The van der Waals surface area contributed by atoms with E-state index in [0.29, 0.717) is 0 Å². The molecule has 0 atom stereocenters. The van der Waals surface area contributed by atoms with Gasteiger partial charge in [-0.05, 0) is 67.2 Å². The summed E-state index contributed by atoms with van der Waals surface area (Å²) >= 11 is 0. The molecule has 2 amide bonds. The second kappa shape index (κ2) is 6.04. The Balaban J connectivity index is 1.52. The highest BCUT2D eigenvalue weighted by Crippen LogP contribution is 2.38. The number of nitrogens with zero attached hydrogens (tertiary/aromatic N) is 1. The molecule has 1 fully saturated rings. The lowest BCUT2D eigenvalue weighted by molar-refractivity contribution is 0.212. The number of benzene rings is 1. The van der Waals surface area contributed by atoms with E-state index < -0.39 is 16.1 Å². The van der Waals surface area contributed by atoms with Crippen molar-refractivity contribution in [2.75, 3.05) is 24.3 Å². The number of anilines is 1. The summed E-state index contributed by atoms with van der Waals surface area (Å²) in [6, 6.07) is 1.65. The van der Waals surface area contributed by atoms with Crippen molar-refractivity contribution in [3.05, 3.63) is 28.3 Å². The summed E-state index contributed by atoms with van der Waals surface area (Å²) in [4.78, 5) is 14.1. The van der Waals surface area contributed by atoms with Crippen molar-refractivity contribution in [2.24, 2.45) is 0 Å². The topological polar surface area (TPSA) is 78.5 Å². The summed E-state index contributed by atoms with van der Waals surface area (Å²) in [5, 5.41) is 2.86. The minimum atomic E-state index is -3.63. The first-order chi connectivity index (χ1) is 11.5. The van der Waals surface area contributed by atoms with Crippen molar-refractivity contribution in [3.63, 3.8) is 0 Å². The van der Waals surface area contributed by atoms with Gasteiger partial charge in [0.1, 0.15) is 5.88 Å². The Morgan fingerprint density at radius 1 is 1.00 bits per heavy atom. The lowest BCUT2D eigenvalue weighted by Crippen LogP contribution is -2.46. The van der Waals surface area contributed by atoms with E-state index >= 15 is 0 Å². The molecule has 24 heavy (non-hydrogen) atoms. The highest BCUT2D eigenvalue weighted by molar-refractivity contribution is 7.89. The maximum Gasteiger partial charge on any atom is 0.332 e. The van der Waals surface area contributed by atoms with Gasteiger partial charge < -0.3 is 5.32 Å². The number of fused-ring (bicyclic) bond motifs is 2. The number of hydrogen-bond donors (Lipinski definition) is 2. The number of rotatable bonds is 4. The van der Waals surface area contributed by atoms with Gasteiger partial charge in [0.25, 0.3) is 0 Å². The zero-order valence-corrected chi connectivity index (χ0v) is 14.5. The molecule has 0 bridgehead atoms. The van der Waals surface area contributed by atoms with Gasteiger partial charge in [-0.1, -0.05) is 6.07 Å². The molecular weight excluding hydrogens is 326 g/mol. The molecule has 1 heterocycles. The van der Waals surface area contributed by atoms with Crippen molar-refractivity contribution in [2.45, 2.75) is 44.9 Å². The maximum atomic E-state index is 12.3. The van der Waals surface area contributed by atoms with E-state index in [1.807, 2.05) is 4.90 Å². The Morgan fingerprint density at radius 3 is 2.17 bits per heavy atom. The van der Waals surface area contributed by atoms with Crippen LogP contribution in [0.4, 0.5) is 10.5 Å². The predicted octanol–water partition coefficient (Wildman–Crippen LogP) is 1.78. The molecule has 0 saturated carbocycles. The second-order valence-electron chi connectivity index (χ2n) is 7.01. The monoisotopic (exact) mass is 349 g/mol. The number of hydrogen-bond acceptors (Lipinski definition) is 4. The molecule has 2 aliphatic carbocycles. The van der Waals surface area contributed by atoms with Crippen LogP contribution < -0.4 is 10.0 Å². The van der Waals surface area contributed by atoms with Crippen LogP contribution >= 0.6 is 0 Å². The highest BCUT2D eigenvalue weighted by Gasteiger charge is 2.27. The first-order valence-corrected chi connectivity index (χ1v) is 10.4. The van der Waals surface area contributed by atoms with Crippen LogP contribution in [0.1, 0.15) is 41.5 Å². The third-order valence-electron chi connectivity index (χ3n) is 5.26. The number of likely N-dealkylation sites (tertiary alicyclic amines) is 1. The smallest absolute Gasteiger partial charge is 0.307 e. The Morgan fingerprint density at radius 2 is 1.62 bits per heavy atom. The second-order valence-corrected chi connectivity index (χ2v) is 8.70. The number of sulfonamides is 1. The van der Waals surface area contributed by atoms with Gasteiger partial charge in [0, 0.05) is 18.8 Å². The average molecular weight is 349 g/mol. The normalized spacial score (nSPS) is 19.5. The van der Waals surface area contributed by atoms with Crippen molar-refractivity contribution >= 4 is 21.7 Å². The van der Waals surface area contributed by atoms with Gasteiger partial charge in [0.15, 0.2) is 0 Å². The number of aryl methyl sites for hydroxylation is 2. The molecule has 0 radical (unpaired) electrons. The number of urea groups is 1. The molecule has 6 nitrogen and oxygen atoms in total. The fraction of sp³-hybridized carbons (Fsp3) is 0.588. The number of nitrogens with one attached hydrogen (secondary N) is 2. The molecule has 3 aliphatic rings. The molecule has 0 aromatic heterocycles. The SMILES string of the molecule is O=C(Nc1c2c(cc3c1CCC3)CCC2)NS(=O)(=O)CN1CCC1. The van der Waals surface area contributed by atoms with E-state index in [0.717, 1.165) is 63.7 Å². The predicted molar refractivity (Wildman–Crippen MR) is 92.6 cm³/mol. The van der Waals surface area contributed by atoms with E-state index in [1.165, 1.54) is 22.3 Å². The lowest BCUT2D eigenvalue weighted by atomic mass is 9.99. The van der Waals surface area contributed by atoms with Gasteiger partial charge in [-0.25, -0.2) is 17.9 Å². The summed E-state index contributed by atoms with van der Waals surface area (Å²) in [5.74, 6) is -0.106. The molecule has 1 aromatic rings. The van der Waals surface area contributed by atoms with E-state index in [-0.39, 0.29) is 5.88 Å². The fourth-order valence-electron chi connectivity index (χ4n) is 4.03. The first kappa shape index (κ1) is 15.9. The fourth-order valence-corrected chi connectivity index (χ4v) is 5.17. The van der Waals surface area contributed by atoms with Crippen molar-refractivity contribution in [1.82, 2.24) is 9.62 Å². The molecule has 4 rings (SSSR count). The number of amides is 2. The van der Waals surface area contributed by atoms with E-state index in [9.17, 15) is 13.2 Å². The van der Waals surface area contributed by atoms with E-state index in [4.69, 9.17) is 0 Å². The molecule has 0 unspecified atom stereocenters. The van der Waals surface area contributed by atoms with Crippen LogP contribution in [0, 0.1) is 0 Å². The zero-order valence-electron chi connectivity index (χ0n) is 13.7. The molecule has 7 heteroatoms. The molecule has 1 saturated heterocycles. The third kappa shape index (κ3) is 3.02. The summed E-state index contributed by atoms with van der Waals surface area (Å²) < 4.78 is 26.3. The maximum absolute atomic E-state index is 12.3. The van der Waals surface area contributed by atoms with Crippen LogP contribution in [0.25, 0.3) is 0 Å². The molecular formula is C17H23N3O3S. The van der Waals surface area contributed by atoms with Crippen LogP contribution in [-0.4, -0.2) is 38.3 Å². The standard InChI is InChI=1S/C17H23N3O3S/c21-17(19-24(22,23)11-20-8-3-9-20)18-16-14-6-1-4-12(14)10-13-5-2-7-15(13)16/h10H,1-9,11H2,(H2,18,19,21). The van der Waals surface area contributed by atoms with Crippen LogP contribution in [-0.2, 0) is 35.7 Å². The van der Waals surface area contributed by atoms with E-state index in [2.05, 4.69) is 16.1 Å². The van der Waals surface area contributed by atoms with Crippen molar-refractivity contribution in [1.29, 1.82) is 0 Å². The molecule has 0 spiro atoms. The van der Waals surface area contributed by atoms with Gasteiger partial charge in [0.05, 0.1) is 0 Å². The quantitative estimate of drug-likeness (QED) is 0.868. The minimum absolute atomic E-state index is 0.106. The summed E-state index contributed by atoms with van der Waals surface area (Å²) in [6.45, 7) is 1.56. The third-order valence-corrected chi connectivity index (χ3v) is 6.46. The Hall–Kier alpha value is -1.60. The van der Waals surface area contributed by atoms with Crippen LogP contribution in [0.5, 0.6) is 0 Å². The lowest BCUT2D eigenvalue weighted by Gasteiger charge is -2.29. The van der Waals surface area contributed by atoms with Gasteiger partial charge >= 0.3 is 6.03 Å². The number of carbonyl (C=O) groups is 1. The summed E-state index contributed by atoms with van der Waals surface area (Å²) in [5.41, 5.74) is 5.90.